The van der Waals surface area contributed by atoms with Crippen molar-refractivity contribution in [3.05, 3.63) is 0 Å². The molecule has 2 aliphatic heterocycles. The molecule has 0 saturated carbocycles. The van der Waals surface area contributed by atoms with Crippen molar-refractivity contribution < 1.29 is 14.9 Å². The topological polar surface area (TPSA) is 52.9 Å². The summed E-state index contributed by atoms with van der Waals surface area (Å²) in [6.07, 6.45) is 1.92. The van der Waals surface area contributed by atoms with Crippen molar-refractivity contribution in [2.75, 3.05) is 39.5 Å². The quantitative estimate of drug-likeness (QED) is 0.643. The molecular formula is C10H19NO3. The zero-order chi connectivity index (χ0) is 10.0. The summed E-state index contributed by atoms with van der Waals surface area (Å²) in [6.45, 7) is 4.05. The van der Waals surface area contributed by atoms with Crippen molar-refractivity contribution in [2.24, 2.45) is 5.41 Å². The fourth-order valence-electron chi connectivity index (χ4n) is 2.36. The molecule has 2 aliphatic rings. The van der Waals surface area contributed by atoms with Crippen LogP contribution in [0.1, 0.15) is 12.8 Å². The van der Waals surface area contributed by atoms with E-state index in [2.05, 4.69) is 4.90 Å². The molecule has 2 heterocycles. The Morgan fingerprint density at radius 1 is 1.43 bits per heavy atom. The van der Waals surface area contributed by atoms with Gasteiger partial charge >= 0.3 is 0 Å². The van der Waals surface area contributed by atoms with Crippen LogP contribution in [0.2, 0.25) is 0 Å². The smallest absolute Gasteiger partial charge is 0.0793 e. The second-order valence-corrected chi connectivity index (χ2v) is 4.66. The lowest BCUT2D eigenvalue weighted by atomic mass is 9.82. The summed E-state index contributed by atoms with van der Waals surface area (Å²) in [4.78, 5) is 2.19. The standard InChI is InChI=1S/C10H19NO3/c12-7-10(2-1-3-14-8-10)6-11-4-9(13)5-11/h9,12-13H,1-8H2. The predicted octanol–water partition coefficient (Wildman–Crippen LogP) is -0.548. The van der Waals surface area contributed by atoms with E-state index in [1.807, 2.05) is 0 Å². The van der Waals surface area contributed by atoms with Crippen molar-refractivity contribution in [1.82, 2.24) is 4.90 Å². The second kappa shape index (κ2) is 4.14. The number of β-amino-alcohol motifs (C(OH)–C–C–N with tert-alkyl or cyclic N) is 1. The van der Waals surface area contributed by atoms with E-state index < -0.39 is 0 Å². The summed E-state index contributed by atoms with van der Waals surface area (Å²) in [5.74, 6) is 0. The van der Waals surface area contributed by atoms with E-state index in [1.54, 1.807) is 0 Å². The van der Waals surface area contributed by atoms with Gasteiger partial charge in [-0.15, -0.1) is 0 Å². The lowest BCUT2D eigenvalue weighted by molar-refractivity contribution is -0.0861. The minimum Gasteiger partial charge on any atom is -0.396 e. The molecule has 1 unspecified atom stereocenters. The van der Waals surface area contributed by atoms with Crippen LogP contribution in [0, 0.1) is 5.41 Å². The molecule has 0 aromatic heterocycles. The zero-order valence-electron chi connectivity index (χ0n) is 8.48. The third-order valence-electron chi connectivity index (χ3n) is 3.24. The Bertz CT molecular complexity index is 186. The maximum atomic E-state index is 9.41. The maximum Gasteiger partial charge on any atom is 0.0793 e. The van der Waals surface area contributed by atoms with Crippen molar-refractivity contribution >= 4 is 0 Å². The van der Waals surface area contributed by atoms with Gasteiger partial charge in [-0.05, 0) is 12.8 Å². The second-order valence-electron chi connectivity index (χ2n) is 4.66. The van der Waals surface area contributed by atoms with Gasteiger partial charge in [0.2, 0.25) is 0 Å². The van der Waals surface area contributed by atoms with Gasteiger partial charge < -0.3 is 14.9 Å². The number of likely N-dealkylation sites (tertiary alicyclic amines) is 1. The van der Waals surface area contributed by atoms with Crippen LogP contribution in [0.5, 0.6) is 0 Å². The average Bonchev–Trinajstić information content (AvgIpc) is 2.17. The SMILES string of the molecule is OCC1(CN2CC(O)C2)CCCOC1. The summed E-state index contributed by atoms with van der Waals surface area (Å²) in [5, 5.41) is 18.6. The first-order chi connectivity index (χ1) is 6.74. The summed E-state index contributed by atoms with van der Waals surface area (Å²) in [6, 6.07) is 0. The van der Waals surface area contributed by atoms with Crippen LogP contribution in [0.25, 0.3) is 0 Å². The van der Waals surface area contributed by atoms with Gasteiger partial charge in [0.15, 0.2) is 0 Å². The van der Waals surface area contributed by atoms with Gasteiger partial charge in [0.25, 0.3) is 0 Å². The number of nitrogens with zero attached hydrogens (tertiary/aromatic N) is 1. The Hall–Kier alpha value is -0.160. The van der Waals surface area contributed by atoms with Crippen LogP contribution in [0.4, 0.5) is 0 Å². The van der Waals surface area contributed by atoms with Crippen LogP contribution in [-0.2, 0) is 4.74 Å². The molecule has 82 valence electrons. The molecule has 0 bridgehead atoms. The molecule has 1 atom stereocenters. The van der Waals surface area contributed by atoms with Gasteiger partial charge in [0.1, 0.15) is 0 Å². The molecule has 4 heteroatoms. The maximum absolute atomic E-state index is 9.41. The predicted molar refractivity (Wildman–Crippen MR) is 52.0 cm³/mol. The van der Waals surface area contributed by atoms with Crippen LogP contribution in [-0.4, -0.2) is 60.7 Å². The normalized spacial score (nSPS) is 35.6. The largest absolute Gasteiger partial charge is 0.396 e. The number of aliphatic hydroxyl groups excluding tert-OH is 2. The molecule has 2 fully saturated rings. The summed E-state index contributed by atoms with van der Waals surface area (Å²) in [5.41, 5.74) is -0.0710. The molecule has 0 spiro atoms. The molecule has 14 heavy (non-hydrogen) atoms. The average molecular weight is 201 g/mol. The lowest BCUT2D eigenvalue weighted by Crippen LogP contribution is -2.56. The first kappa shape index (κ1) is 10.4. The Balaban J connectivity index is 1.85. The van der Waals surface area contributed by atoms with Gasteiger partial charge in [-0.2, -0.15) is 0 Å². The minimum absolute atomic E-state index is 0.0710. The fourth-order valence-corrected chi connectivity index (χ4v) is 2.36. The number of ether oxygens (including phenoxy) is 1. The third kappa shape index (κ3) is 2.08. The molecule has 2 N–H and O–H groups in total. The van der Waals surface area contributed by atoms with E-state index in [-0.39, 0.29) is 18.1 Å². The summed E-state index contributed by atoms with van der Waals surface area (Å²) < 4.78 is 5.42. The summed E-state index contributed by atoms with van der Waals surface area (Å²) >= 11 is 0. The van der Waals surface area contributed by atoms with Crippen molar-refractivity contribution in [2.45, 2.75) is 18.9 Å². The van der Waals surface area contributed by atoms with Crippen LogP contribution >= 0.6 is 0 Å². The number of rotatable bonds is 3. The van der Waals surface area contributed by atoms with Gasteiger partial charge in [-0.1, -0.05) is 0 Å². The Morgan fingerprint density at radius 2 is 2.21 bits per heavy atom. The first-order valence-corrected chi connectivity index (χ1v) is 5.33. The molecule has 0 aromatic rings. The number of aliphatic hydroxyl groups is 2. The minimum atomic E-state index is -0.157. The molecule has 0 aliphatic carbocycles. The van der Waals surface area contributed by atoms with E-state index in [0.717, 1.165) is 39.1 Å². The van der Waals surface area contributed by atoms with Crippen LogP contribution in [0.3, 0.4) is 0 Å². The molecule has 0 radical (unpaired) electrons. The molecular weight excluding hydrogens is 182 g/mol. The molecule has 4 nitrogen and oxygen atoms in total. The van der Waals surface area contributed by atoms with Gasteiger partial charge in [-0.25, -0.2) is 0 Å². The Morgan fingerprint density at radius 3 is 2.71 bits per heavy atom. The van der Waals surface area contributed by atoms with Crippen molar-refractivity contribution in [3.63, 3.8) is 0 Å². The molecule has 2 saturated heterocycles. The first-order valence-electron chi connectivity index (χ1n) is 5.33. The number of hydrogen-bond donors (Lipinski definition) is 2. The van der Waals surface area contributed by atoms with Crippen LogP contribution in [0.15, 0.2) is 0 Å². The number of hydrogen-bond acceptors (Lipinski definition) is 4. The molecule has 0 aromatic carbocycles. The monoisotopic (exact) mass is 201 g/mol. The fraction of sp³-hybridized carbons (Fsp3) is 1.00. The highest BCUT2D eigenvalue weighted by Crippen LogP contribution is 2.30. The highest BCUT2D eigenvalue weighted by atomic mass is 16.5. The van der Waals surface area contributed by atoms with Gasteiger partial charge in [-0.3, -0.25) is 4.90 Å². The van der Waals surface area contributed by atoms with E-state index in [9.17, 15) is 5.11 Å². The Kier molecular flexibility index (Phi) is 3.07. The Labute approximate surface area is 84.5 Å². The van der Waals surface area contributed by atoms with E-state index in [0.29, 0.717) is 6.61 Å². The summed E-state index contributed by atoms with van der Waals surface area (Å²) in [7, 11) is 0. The van der Waals surface area contributed by atoms with Gasteiger partial charge in [0.05, 0.1) is 19.3 Å². The lowest BCUT2D eigenvalue weighted by Gasteiger charge is -2.44. The third-order valence-corrected chi connectivity index (χ3v) is 3.24. The zero-order valence-corrected chi connectivity index (χ0v) is 8.48. The highest BCUT2D eigenvalue weighted by molar-refractivity contribution is 4.89. The highest BCUT2D eigenvalue weighted by Gasteiger charge is 2.37. The van der Waals surface area contributed by atoms with E-state index in [4.69, 9.17) is 9.84 Å². The van der Waals surface area contributed by atoms with Crippen LogP contribution < -0.4 is 0 Å². The molecule has 2 rings (SSSR count). The van der Waals surface area contributed by atoms with E-state index in [1.165, 1.54) is 0 Å². The van der Waals surface area contributed by atoms with Crippen molar-refractivity contribution in [3.8, 4) is 0 Å². The van der Waals surface area contributed by atoms with Crippen molar-refractivity contribution in [1.29, 1.82) is 0 Å². The van der Waals surface area contributed by atoms with E-state index >= 15 is 0 Å². The molecule has 0 amide bonds. The van der Waals surface area contributed by atoms with Gasteiger partial charge in [0, 0.05) is 31.7 Å².